The Bertz CT molecular complexity index is 1080. The number of carbonyl (C=O) groups excluding carboxylic acids is 2. The van der Waals surface area contributed by atoms with Gasteiger partial charge in [-0.2, -0.15) is 0 Å². The van der Waals surface area contributed by atoms with Crippen molar-refractivity contribution >= 4 is 17.5 Å². The first kappa shape index (κ1) is 17.8. The lowest BCUT2D eigenvalue weighted by Crippen LogP contribution is -2.48. The summed E-state index contributed by atoms with van der Waals surface area (Å²) in [7, 11) is 0. The summed E-state index contributed by atoms with van der Waals surface area (Å²) in [4.78, 5) is 29.9. The molecule has 0 bridgehead atoms. The van der Waals surface area contributed by atoms with E-state index in [1.807, 2.05) is 40.1 Å². The van der Waals surface area contributed by atoms with Crippen LogP contribution < -0.4 is 14.4 Å². The SMILES string of the molecule is CC(=O)N1CCC[C@H]1CN1C(=O)C2(COc3cc4c(cc32)CCO4)c2ccccc21. The number of hydrogen-bond donors (Lipinski definition) is 0. The second-order valence-corrected chi connectivity index (χ2v) is 8.69. The van der Waals surface area contributed by atoms with Crippen LogP contribution in [0.5, 0.6) is 11.5 Å². The standard InChI is InChI=1S/C24H24N2O4/c1-15(27)25-9-4-5-17(25)13-26-20-7-3-2-6-18(20)24(23(26)28)14-30-22-12-21-16(8-10-29-21)11-19(22)24/h2-3,6-7,11-12,17H,4-5,8-10,13-14H2,1H3/t17-,24?/m0/s1. The van der Waals surface area contributed by atoms with Crippen molar-refractivity contribution in [1.82, 2.24) is 4.90 Å². The Kier molecular flexibility index (Phi) is 3.70. The highest BCUT2D eigenvalue weighted by Gasteiger charge is 2.57. The van der Waals surface area contributed by atoms with Crippen LogP contribution in [0, 0.1) is 0 Å². The van der Waals surface area contributed by atoms with Gasteiger partial charge >= 0.3 is 0 Å². The number of nitrogens with zero attached hydrogens (tertiary/aromatic N) is 2. The largest absolute Gasteiger partial charge is 0.493 e. The fourth-order valence-electron chi connectivity index (χ4n) is 5.68. The number of ether oxygens (including phenoxy) is 2. The lowest BCUT2D eigenvalue weighted by molar-refractivity contribution is -0.130. The van der Waals surface area contributed by atoms with Gasteiger partial charge in [0, 0.05) is 49.8 Å². The number of hydrogen-bond acceptors (Lipinski definition) is 4. The zero-order chi connectivity index (χ0) is 20.5. The minimum absolute atomic E-state index is 0.0525. The molecule has 1 unspecified atom stereocenters. The number of benzene rings is 2. The van der Waals surface area contributed by atoms with E-state index in [1.165, 1.54) is 0 Å². The molecule has 0 radical (unpaired) electrons. The van der Waals surface area contributed by atoms with Crippen LogP contribution >= 0.6 is 0 Å². The second kappa shape index (κ2) is 6.24. The lowest BCUT2D eigenvalue weighted by Gasteiger charge is -2.29. The maximum absolute atomic E-state index is 14.0. The van der Waals surface area contributed by atoms with Crippen LogP contribution in [-0.2, 0) is 21.4 Å². The van der Waals surface area contributed by atoms with E-state index in [4.69, 9.17) is 9.47 Å². The third-order valence-electron chi connectivity index (χ3n) is 7.14. The lowest BCUT2D eigenvalue weighted by atomic mass is 9.76. The summed E-state index contributed by atoms with van der Waals surface area (Å²) >= 11 is 0. The van der Waals surface area contributed by atoms with E-state index in [0.717, 1.165) is 59.7 Å². The highest BCUT2D eigenvalue weighted by atomic mass is 16.5. The molecule has 1 fully saturated rings. The third-order valence-corrected chi connectivity index (χ3v) is 7.14. The van der Waals surface area contributed by atoms with Crippen molar-refractivity contribution in [3.05, 3.63) is 53.1 Å². The third kappa shape index (κ3) is 2.25. The van der Waals surface area contributed by atoms with Gasteiger partial charge in [0.05, 0.1) is 6.61 Å². The maximum Gasteiger partial charge on any atom is 0.245 e. The number of para-hydroxylation sites is 1. The van der Waals surface area contributed by atoms with Crippen LogP contribution in [0.15, 0.2) is 36.4 Å². The van der Waals surface area contributed by atoms with Gasteiger partial charge in [-0.05, 0) is 36.1 Å². The molecule has 4 heterocycles. The van der Waals surface area contributed by atoms with E-state index in [-0.39, 0.29) is 17.9 Å². The van der Waals surface area contributed by atoms with E-state index in [9.17, 15) is 9.59 Å². The molecular weight excluding hydrogens is 380 g/mol. The van der Waals surface area contributed by atoms with E-state index >= 15 is 0 Å². The zero-order valence-electron chi connectivity index (χ0n) is 17.0. The first-order chi connectivity index (χ1) is 14.6. The number of amides is 2. The van der Waals surface area contributed by atoms with Crippen molar-refractivity contribution in [2.24, 2.45) is 0 Å². The smallest absolute Gasteiger partial charge is 0.245 e. The average molecular weight is 404 g/mol. The maximum atomic E-state index is 14.0. The summed E-state index contributed by atoms with van der Waals surface area (Å²) in [6, 6.07) is 12.1. The van der Waals surface area contributed by atoms with E-state index in [0.29, 0.717) is 19.8 Å². The molecule has 0 aromatic heterocycles. The minimum atomic E-state index is -0.816. The van der Waals surface area contributed by atoms with Crippen molar-refractivity contribution in [3.63, 3.8) is 0 Å². The molecule has 2 aromatic carbocycles. The van der Waals surface area contributed by atoms with Gasteiger partial charge in [0.15, 0.2) is 0 Å². The van der Waals surface area contributed by atoms with Gasteiger partial charge in [-0.1, -0.05) is 18.2 Å². The monoisotopic (exact) mass is 404 g/mol. The van der Waals surface area contributed by atoms with Gasteiger partial charge in [-0.25, -0.2) is 0 Å². The quantitative estimate of drug-likeness (QED) is 0.772. The van der Waals surface area contributed by atoms with Gasteiger partial charge in [0.1, 0.15) is 23.5 Å². The Balaban J connectivity index is 1.45. The van der Waals surface area contributed by atoms with Crippen molar-refractivity contribution in [2.75, 3.05) is 31.2 Å². The Labute approximate surface area is 175 Å². The van der Waals surface area contributed by atoms with Gasteiger partial charge in [-0.15, -0.1) is 0 Å². The molecule has 2 amide bonds. The van der Waals surface area contributed by atoms with Crippen molar-refractivity contribution in [1.29, 1.82) is 0 Å². The highest BCUT2D eigenvalue weighted by molar-refractivity contribution is 6.11. The van der Waals surface area contributed by atoms with Crippen LogP contribution in [0.25, 0.3) is 0 Å². The van der Waals surface area contributed by atoms with E-state index in [1.54, 1.807) is 6.92 Å². The molecule has 4 aliphatic rings. The van der Waals surface area contributed by atoms with Gasteiger partial charge < -0.3 is 19.3 Å². The average Bonchev–Trinajstić information content (AvgIpc) is 3.51. The number of carbonyl (C=O) groups is 2. The van der Waals surface area contributed by atoms with Crippen LogP contribution in [0.3, 0.4) is 0 Å². The molecule has 6 heteroatoms. The summed E-state index contributed by atoms with van der Waals surface area (Å²) in [5, 5.41) is 0. The summed E-state index contributed by atoms with van der Waals surface area (Å²) in [6.07, 6.45) is 2.77. The first-order valence-electron chi connectivity index (χ1n) is 10.7. The second-order valence-electron chi connectivity index (χ2n) is 8.69. The molecule has 2 atom stereocenters. The van der Waals surface area contributed by atoms with Crippen molar-refractivity contribution in [2.45, 2.75) is 37.6 Å². The number of anilines is 1. The van der Waals surface area contributed by atoms with Crippen LogP contribution in [-0.4, -0.2) is 49.1 Å². The summed E-state index contributed by atoms with van der Waals surface area (Å²) in [5.41, 5.74) is 3.21. The Morgan fingerprint density at radius 2 is 2.03 bits per heavy atom. The molecule has 30 heavy (non-hydrogen) atoms. The molecule has 154 valence electrons. The molecule has 0 aliphatic carbocycles. The molecule has 6 rings (SSSR count). The fourth-order valence-corrected chi connectivity index (χ4v) is 5.68. The molecule has 0 N–H and O–H groups in total. The zero-order valence-corrected chi connectivity index (χ0v) is 17.0. The van der Waals surface area contributed by atoms with Crippen molar-refractivity contribution in [3.8, 4) is 11.5 Å². The highest BCUT2D eigenvalue weighted by Crippen LogP contribution is 2.54. The van der Waals surface area contributed by atoms with Crippen molar-refractivity contribution < 1.29 is 19.1 Å². The predicted octanol–water partition coefficient (Wildman–Crippen LogP) is 2.66. The molecular formula is C24H24N2O4. The van der Waals surface area contributed by atoms with Gasteiger partial charge in [-0.3, -0.25) is 9.59 Å². The summed E-state index contributed by atoms with van der Waals surface area (Å²) in [6.45, 7) is 3.89. The number of fused-ring (bicyclic) bond motifs is 5. The fraction of sp³-hybridized carbons (Fsp3) is 0.417. The van der Waals surface area contributed by atoms with Crippen LogP contribution in [0.4, 0.5) is 5.69 Å². The molecule has 0 saturated carbocycles. The van der Waals surface area contributed by atoms with Crippen LogP contribution in [0.2, 0.25) is 0 Å². The minimum Gasteiger partial charge on any atom is -0.493 e. The van der Waals surface area contributed by atoms with E-state index < -0.39 is 5.41 Å². The van der Waals surface area contributed by atoms with Gasteiger partial charge in [0.25, 0.3) is 0 Å². The Morgan fingerprint density at radius 3 is 2.90 bits per heavy atom. The van der Waals surface area contributed by atoms with E-state index in [2.05, 4.69) is 6.07 Å². The molecule has 4 aliphatic heterocycles. The Hall–Kier alpha value is -3.02. The Morgan fingerprint density at radius 1 is 1.17 bits per heavy atom. The van der Waals surface area contributed by atoms with Crippen LogP contribution in [0.1, 0.15) is 36.5 Å². The molecule has 1 saturated heterocycles. The topological polar surface area (TPSA) is 59.1 Å². The predicted molar refractivity (Wildman–Crippen MR) is 111 cm³/mol. The first-order valence-corrected chi connectivity index (χ1v) is 10.7. The number of likely N-dealkylation sites (tertiary alicyclic amines) is 1. The molecule has 1 spiro atoms. The summed E-state index contributed by atoms with van der Waals surface area (Å²) < 4.78 is 11.8. The normalized spacial score (nSPS) is 25.9. The number of rotatable bonds is 2. The summed E-state index contributed by atoms with van der Waals surface area (Å²) in [5.74, 6) is 1.74. The molecule has 2 aromatic rings. The van der Waals surface area contributed by atoms with Gasteiger partial charge in [0.2, 0.25) is 11.8 Å². The molecule has 6 nitrogen and oxygen atoms in total.